The molecule has 0 aromatic heterocycles. The fourth-order valence-electron chi connectivity index (χ4n) is 7.37. The van der Waals surface area contributed by atoms with Crippen molar-refractivity contribution in [2.45, 2.75) is 263 Å². The molecular weight excluding hydrogens is 713 g/mol. The van der Waals surface area contributed by atoms with Crippen LogP contribution in [0, 0.1) is 0 Å². The molecule has 3 unspecified atom stereocenters. The van der Waals surface area contributed by atoms with Crippen LogP contribution >= 0.6 is 0 Å². The summed E-state index contributed by atoms with van der Waals surface area (Å²) < 4.78 is 11.0. The molecule has 0 amide bonds. The van der Waals surface area contributed by atoms with Crippen LogP contribution in [-0.4, -0.2) is 65.2 Å². The monoisotopic (exact) mass is 807 g/mol. The Morgan fingerprint density at radius 1 is 0.474 bits per heavy atom. The lowest BCUT2D eigenvalue weighted by Gasteiger charge is -2.25. The second-order valence-electron chi connectivity index (χ2n) is 16.8. The summed E-state index contributed by atoms with van der Waals surface area (Å²) in [4.78, 5) is 25.2. The zero-order chi connectivity index (χ0) is 41.7. The average molecular weight is 807 g/mol. The van der Waals surface area contributed by atoms with Crippen LogP contribution in [-0.2, 0) is 19.1 Å². The van der Waals surface area contributed by atoms with E-state index in [1.165, 1.54) is 186 Å². The van der Waals surface area contributed by atoms with Gasteiger partial charge in [-0.15, -0.1) is 0 Å². The minimum absolute atomic E-state index is 0.0650. The SMILES string of the molecule is CCCCCCCCC=CCCCCCCCCCCCC(=O)OCC(CO)OC(C(=O)CC=CCCCCCCCCCCCCCCCCCC)C(O)CO. The van der Waals surface area contributed by atoms with Gasteiger partial charge < -0.3 is 24.8 Å². The number of Topliss-reactive ketones (excluding diaryl/α,β-unsaturated/α-hetero) is 1. The third kappa shape index (κ3) is 39.7. The molecule has 0 spiro atoms. The molecule has 0 aliphatic heterocycles. The zero-order valence-electron chi connectivity index (χ0n) is 37.6. The molecule has 0 aromatic carbocycles. The van der Waals surface area contributed by atoms with Gasteiger partial charge in [-0.1, -0.05) is 212 Å². The van der Waals surface area contributed by atoms with E-state index in [4.69, 9.17) is 9.47 Å². The molecule has 0 aliphatic rings. The number of ether oxygens (including phenoxy) is 2. The molecule has 3 N–H and O–H groups in total. The molecule has 0 heterocycles. The van der Waals surface area contributed by atoms with Gasteiger partial charge >= 0.3 is 5.97 Å². The van der Waals surface area contributed by atoms with E-state index in [2.05, 4.69) is 26.0 Å². The molecule has 3 atom stereocenters. The Balaban J connectivity index is 3.91. The van der Waals surface area contributed by atoms with Gasteiger partial charge in [0.05, 0.1) is 13.2 Å². The highest BCUT2D eigenvalue weighted by Gasteiger charge is 2.29. The number of esters is 1. The summed E-state index contributed by atoms with van der Waals surface area (Å²) in [6, 6.07) is 0. The van der Waals surface area contributed by atoms with E-state index in [0.29, 0.717) is 6.42 Å². The maximum Gasteiger partial charge on any atom is 0.305 e. The summed E-state index contributed by atoms with van der Waals surface area (Å²) in [6.07, 6.45) is 48.5. The van der Waals surface area contributed by atoms with Gasteiger partial charge in [0.1, 0.15) is 24.9 Å². The Bertz CT molecular complexity index is 903. The summed E-state index contributed by atoms with van der Waals surface area (Å²) >= 11 is 0. The number of ketones is 1. The van der Waals surface area contributed by atoms with Crippen molar-refractivity contribution < 1.29 is 34.4 Å². The lowest BCUT2D eigenvalue weighted by Crippen LogP contribution is -2.43. The summed E-state index contributed by atoms with van der Waals surface area (Å²) in [6.45, 7) is 3.21. The number of carbonyl (C=O) groups excluding carboxylic acids is 2. The van der Waals surface area contributed by atoms with Crippen molar-refractivity contribution in [3.05, 3.63) is 24.3 Å². The lowest BCUT2D eigenvalue weighted by molar-refractivity contribution is -0.162. The third-order valence-corrected chi connectivity index (χ3v) is 11.2. The molecule has 7 heteroatoms. The number of aliphatic hydroxyl groups excluding tert-OH is 3. The maximum atomic E-state index is 12.9. The highest BCUT2D eigenvalue weighted by Crippen LogP contribution is 2.16. The zero-order valence-corrected chi connectivity index (χ0v) is 37.6. The van der Waals surface area contributed by atoms with E-state index in [0.717, 1.165) is 32.1 Å². The highest BCUT2D eigenvalue weighted by molar-refractivity contribution is 5.85. The normalized spacial score (nSPS) is 13.5. The second-order valence-corrected chi connectivity index (χ2v) is 16.8. The topological polar surface area (TPSA) is 113 Å². The molecule has 0 aliphatic carbocycles. The minimum atomic E-state index is -1.42. The van der Waals surface area contributed by atoms with Crippen molar-refractivity contribution in [2.24, 2.45) is 0 Å². The number of carbonyl (C=O) groups is 2. The van der Waals surface area contributed by atoms with Gasteiger partial charge in [0.2, 0.25) is 0 Å². The van der Waals surface area contributed by atoms with Crippen molar-refractivity contribution >= 4 is 11.8 Å². The van der Waals surface area contributed by atoms with Gasteiger partial charge in [-0.05, 0) is 44.9 Å². The van der Waals surface area contributed by atoms with Gasteiger partial charge in [-0.2, -0.15) is 0 Å². The number of aliphatic hydroxyl groups is 3. The molecule has 7 nitrogen and oxygen atoms in total. The molecular formula is C50H94O7. The Morgan fingerprint density at radius 2 is 0.825 bits per heavy atom. The number of allylic oxidation sites excluding steroid dienone is 4. The highest BCUT2D eigenvalue weighted by atomic mass is 16.6. The van der Waals surface area contributed by atoms with E-state index in [1.807, 2.05) is 6.08 Å². The van der Waals surface area contributed by atoms with Crippen LogP contribution < -0.4 is 0 Å². The largest absolute Gasteiger partial charge is 0.463 e. The van der Waals surface area contributed by atoms with Crippen LogP contribution in [0.3, 0.4) is 0 Å². The average Bonchev–Trinajstić information content (AvgIpc) is 3.22. The molecule has 0 rings (SSSR count). The first-order chi connectivity index (χ1) is 28.0. The predicted octanol–water partition coefficient (Wildman–Crippen LogP) is 13.4. The predicted molar refractivity (Wildman–Crippen MR) is 241 cm³/mol. The Labute approximate surface area is 352 Å². The molecule has 336 valence electrons. The Kier molecular flexibility index (Phi) is 44.3. The maximum absolute atomic E-state index is 12.9. The van der Waals surface area contributed by atoms with E-state index in [-0.39, 0.29) is 24.8 Å². The van der Waals surface area contributed by atoms with E-state index < -0.39 is 31.5 Å². The van der Waals surface area contributed by atoms with Crippen molar-refractivity contribution in [3.63, 3.8) is 0 Å². The first-order valence-corrected chi connectivity index (χ1v) is 24.5. The second kappa shape index (κ2) is 45.5. The number of hydrogen-bond acceptors (Lipinski definition) is 7. The number of rotatable bonds is 46. The number of hydrogen-bond donors (Lipinski definition) is 3. The van der Waals surface area contributed by atoms with Gasteiger partial charge in [-0.25, -0.2) is 0 Å². The van der Waals surface area contributed by atoms with E-state index in [1.54, 1.807) is 6.08 Å². The first-order valence-electron chi connectivity index (χ1n) is 24.5. The molecule has 0 aromatic rings. The Morgan fingerprint density at radius 3 is 1.19 bits per heavy atom. The van der Waals surface area contributed by atoms with Crippen molar-refractivity contribution in [1.29, 1.82) is 0 Å². The van der Waals surface area contributed by atoms with Crippen molar-refractivity contribution in [2.75, 3.05) is 19.8 Å². The first kappa shape index (κ1) is 55.5. The fraction of sp³-hybridized carbons (Fsp3) is 0.880. The van der Waals surface area contributed by atoms with Gasteiger partial charge in [-0.3, -0.25) is 9.59 Å². The molecule has 0 saturated carbocycles. The lowest BCUT2D eigenvalue weighted by atomic mass is 10.0. The molecule has 0 saturated heterocycles. The van der Waals surface area contributed by atoms with Crippen LogP contribution in [0.25, 0.3) is 0 Å². The van der Waals surface area contributed by atoms with Crippen LogP contribution in [0.4, 0.5) is 0 Å². The molecule has 0 radical (unpaired) electrons. The van der Waals surface area contributed by atoms with E-state index in [9.17, 15) is 24.9 Å². The summed E-state index contributed by atoms with van der Waals surface area (Å²) in [5, 5.41) is 29.6. The van der Waals surface area contributed by atoms with Gasteiger partial charge in [0.15, 0.2) is 5.78 Å². The third-order valence-electron chi connectivity index (χ3n) is 11.2. The van der Waals surface area contributed by atoms with Gasteiger partial charge in [0, 0.05) is 12.8 Å². The number of unbranched alkanes of at least 4 members (excludes halogenated alkanes) is 31. The van der Waals surface area contributed by atoms with Crippen molar-refractivity contribution in [1.82, 2.24) is 0 Å². The Hall–Kier alpha value is -1.54. The quantitative estimate of drug-likeness (QED) is 0.0319. The minimum Gasteiger partial charge on any atom is -0.463 e. The van der Waals surface area contributed by atoms with Crippen LogP contribution in [0.15, 0.2) is 24.3 Å². The van der Waals surface area contributed by atoms with Crippen molar-refractivity contribution in [3.8, 4) is 0 Å². The standard InChI is InChI=1S/C50H94O7/c1-3-5-7-9-11-13-15-17-19-21-23-25-27-29-31-33-35-37-39-41-47(53)50(48(54)44-52)57-46(43-51)45-56-49(55)42-40-38-36-34-32-30-28-26-24-22-20-18-16-14-12-10-8-6-4-2/h18,20,37,39,46,48,50-52,54H,3-17,19,21-36,38,40-45H2,1-2H3. The van der Waals surface area contributed by atoms with Crippen LogP contribution in [0.2, 0.25) is 0 Å². The van der Waals surface area contributed by atoms with Crippen LogP contribution in [0.1, 0.15) is 245 Å². The summed E-state index contributed by atoms with van der Waals surface area (Å²) in [7, 11) is 0. The molecule has 57 heavy (non-hydrogen) atoms. The van der Waals surface area contributed by atoms with Gasteiger partial charge in [0.25, 0.3) is 0 Å². The molecule has 0 bridgehead atoms. The smallest absolute Gasteiger partial charge is 0.305 e. The molecule has 0 fully saturated rings. The summed E-state index contributed by atoms with van der Waals surface area (Å²) in [5.41, 5.74) is 0. The van der Waals surface area contributed by atoms with Crippen LogP contribution in [0.5, 0.6) is 0 Å². The summed E-state index contributed by atoms with van der Waals surface area (Å²) in [5.74, 6) is -0.739. The fourth-order valence-corrected chi connectivity index (χ4v) is 7.37. The van der Waals surface area contributed by atoms with E-state index >= 15 is 0 Å².